The van der Waals surface area contributed by atoms with Crippen LogP contribution in [0, 0.1) is 11.3 Å². The van der Waals surface area contributed by atoms with Gasteiger partial charge in [0.05, 0.1) is 41.3 Å². The minimum absolute atomic E-state index is 0.195. The first-order chi connectivity index (χ1) is 16.7. The number of hydrogen-bond donors (Lipinski definition) is 0. The first-order valence-corrected chi connectivity index (χ1v) is 11.7. The van der Waals surface area contributed by atoms with Crippen LogP contribution in [0.4, 0.5) is 13.2 Å². The fraction of sp³-hybridized carbons (Fsp3) is 0.357. The lowest BCUT2D eigenvalue weighted by atomic mass is 9.73. The second kappa shape index (κ2) is 10.2. The average Bonchev–Trinajstić information content (AvgIpc) is 2.88. The molecule has 0 saturated carbocycles. The molecule has 1 unspecified atom stereocenters. The van der Waals surface area contributed by atoms with Crippen molar-refractivity contribution < 1.29 is 17.9 Å². The van der Waals surface area contributed by atoms with E-state index in [1.807, 2.05) is 24.3 Å². The van der Waals surface area contributed by atoms with E-state index in [-0.39, 0.29) is 16.8 Å². The van der Waals surface area contributed by atoms with Crippen LogP contribution in [0.25, 0.3) is 11.3 Å². The molecular weight excluding hydrogens is 451 g/mol. The lowest BCUT2D eigenvalue weighted by Crippen LogP contribution is -2.44. The van der Waals surface area contributed by atoms with Crippen LogP contribution >= 0.6 is 0 Å². The normalized spacial score (nSPS) is 17.0. The van der Waals surface area contributed by atoms with Gasteiger partial charge in [0.1, 0.15) is 0 Å². The van der Waals surface area contributed by atoms with Crippen LogP contribution in [-0.4, -0.2) is 36.6 Å². The molecule has 4 nitrogen and oxygen atoms in total. The summed E-state index contributed by atoms with van der Waals surface area (Å²) in [6.45, 7) is 4.00. The van der Waals surface area contributed by atoms with E-state index < -0.39 is 17.8 Å². The fourth-order valence-electron chi connectivity index (χ4n) is 4.51. The van der Waals surface area contributed by atoms with E-state index in [0.29, 0.717) is 17.7 Å². The first kappa shape index (κ1) is 24.9. The molecule has 182 valence electrons. The zero-order chi connectivity index (χ0) is 25.1. The number of halogens is 3. The Labute approximate surface area is 204 Å². The summed E-state index contributed by atoms with van der Waals surface area (Å²) in [5, 5.41) is 9.02. The summed E-state index contributed by atoms with van der Waals surface area (Å²) in [6, 6.07) is 20.7. The van der Waals surface area contributed by atoms with Gasteiger partial charge in [-0.3, -0.25) is 4.98 Å². The molecule has 35 heavy (non-hydrogen) atoms. The van der Waals surface area contributed by atoms with E-state index in [4.69, 9.17) is 10.00 Å². The number of likely N-dealkylation sites (tertiary alicyclic amines) is 1. The molecule has 1 atom stereocenters. The third-order valence-electron chi connectivity index (χ3n) is 6.84. The molecule has 0 amide bonds. The molecule has 0 N–H and O–H groups in total. The van der Waals surface area contributed by atoms with Gasteiger partial charge in [0.25, 0.3) is 0 Å². The predicted octanol–water partition coefficient (Wildman–Crippen LogP) is 6.38. The Kier molecular flexibility index (Phi) is 7.25. The number of benzene rings is 2. The topological polar surface area (TPSA) is 49.1 Å². The van der Waals surface area contributed by atoms with E-state index in [2.05, 4.69) is 29.1 Å². The maximum absolute atomic E-state index is 13.7. The quantitative estimate of drug-likeness (QED) is 0.412. The van der Waals surface area contributed by atoms with Crippen molar-refractivity contribution in [1.82, 2.24) is 9.88 Å². The summed E-state index contributed by atoms with van der Waals surface area (Å²) in [7, 11) is 2.09. The maximum Gasteiger partial charge on any atom is 0.416 e. The number of rotatable bonds is 6. The second-order valence-corrected chi connectivity index (χ2v) is 9.26. The van der Waals surface area contributed by atoms with Gasteiger partial charge in [0.15, 0.2) is 0 Å². The van der Waals surface area contributed by atoms with Crippen LogP contribution in [0.3, 0.4) is 0 Å². The van der Waals surface area contributed by atoms with Gasteiger partial charge in [-0.15, -0.1) is 0 Å². The molecule has 3 aromatic rings. The van der Waals surface area contributed by atoms with Crippen molar-refractivity contribution in [2.45, 2.75) is 37.5 Å². The highest BCUT2D eigenvalue weighted by Crippen LogP contribution is 2.38. The van der Waals surface area contributed by atoms with E-state index >= 15 is 0 Å². The molecule has 1 aliphatic heterocycles. The van der Waals surface area contributed by atoms with Gasteiger partial charge in [0, 0.05) is 11.0 Å². The lowest BCUT2D eigenvalue weighted by molar-refractivity contribution is -0.137. The molecule has 0 radical (unpaired) electrons. The van der Waals surface area contributed by atoms with Crippen molar-refractivity contribution in [3.05, 3.63) is 89.1 Å². The highest BCUT2D eigenvalue weighted by atomic mass is 19.4. The van der Waals surface area contributed by atoms with E-state index in [1.165, 1.54) is 5.56 Å². The van der Waals surface area contributed by atoms with Crippen LogP contribution < -0.4 is 0 Å². The molecule has 1 aliphatic rings. The summed E-state index contributed by atoms with van der Waals surface area (Å²) in [4.78, 5) is 6.81. The number of pyridine rings is 1. The van der Waals surface area contributed by atoms with Crippen LogP contribution in [0.2, 0.25) is 0 Å². The van der Waals surface area contributed by atoms with E-state index in [0.717, 1.165) is 38.1 Å². The Hall–Kier alpha value is -3.21. The van der Waals surface area contributed by atoms with Crippen LogP contribution in [-0.2, 0) is 16.3 Å². The highest BCUT2D eigenvalue weighted by Gasteiger charge is 2.37. The Morgan fingerprint density at radius 3 is 2.31 bits per heavy atom. The largest absolute Gasteiger partial charge is 0.416 e. The van der Waals surface area contributed by atoms with Crippen molar-refractivity contribution in [3.63, 3.8) is 0 Å². The molecule has 1 fully saturated rings. The molecule has 0 spiro atoms. The standard InChI is InChI=1S/C28H28F3N3O/c1-20(35-19-27(12-14-34(2)15-13-27)23-6-4-3-5-7-23)25-16-24(28(29,30)31)17-26(33-25)22-10-8-21(18-32)9-11-22/h3-11,16-17,20H,12-15,19H2,1-2H3. The molecule has 2 heterocycles. The summed E-state index contributed by atoms with van der Waals surface area (Å²) in [6.07, 6.45) is -3.33. The van der Waals surface area contributed by atoms with Gasteiger partial charge in [-0.1, -0.05) is 42.5 Å². The van der Waals surface area contributed by atoms with Gasteiger partial charge >= 0.3 is 6.18 Å². The fourth-order valence-corrected chi connectivity index (χ4v) is 4.51. The molecular formula is C28H28F3N3O. The summed E-state index contributed by atoms with van der Waals surface area (Å²) in [5.41, 5.74) is 1.60. The van der Waals surface area contributed by atoms with Crippen molar-refractivity contribution in [3.8, 4) is 17.3 Å². The van der Waals surface area contributed by atoms with Gasteiger partial charge in [-0.2, -0.15) is 18.4 Å². The van der Waals surface area contributed by atoms with Crippen LogP contribution in [0.15, 0.2) is 66.7 Å². The minimum atomic E-state index is -4.52. The van der Waals surface area contributed by atoms with Gasteiger partial charge < -0.3 is 9.64 Å². The average molecular weight is 480 g/mol. The molecule has 1 saturated heterocycles. The summed E-state index contributed by atoms with van der Waals surface area (Å²) >= 11 is 0. The van der Waals surface area contributed by atoms with Gasteiger partial charge in [-0.05, 0) is 69.7 Å². The Balaban J connectivity index is 1.62. The van der Waals surface area contributed by atoms with Crippen molar-refractivity contribution in [2.75, 3.05) is 26.7 Å². The van der Waals surface area contributed by atoms with Crippen LogP contribution in [0.5, 0.6) is 0 Å². The van der Waals surface area contributed by atoms with Crippen LogP contribution in [0.1, 0.15) is 48.3 Å². The van der Waals surface area contributed by atoms with Crippen molar-refractivity contribution in [2.24, 2.45) is 0 Å². The summed E-state index contributed by atoms with van der Waals surface area (Å²) < 4.78 is 47.4. The Bertz CT molecular complexity index is 1180. The molecule has 2 aromatic carbocycles. The molecule has 7 heteroatoms. The van der Waals surface area contributed by atoms with E-state index in [1.54, 1.807) is 31.2 Å². The smallest absolute Gasteiger partial charge is 0.371 e. The first-order valence-electron chi connectivity index (χ1n) is 11.7. The highest BCUT2D eigenvalue weighted by molar-refractivity contribution is 5.61. The number of aromatic nitrogens is 1. The van der Waals surface area contributed by atoms with E-state index in [9.17, 15) is 13.2 Å². The number of nitrogens with zero attached hydrogens (tertiary/aromatic N) is 3. The third-order valence-corrected chi connectivity index (χ3v) is 6.84. The molecule has 1 aromatic heterocycles. The van der Waals surface area contributed by atoms with Gasteiger partial charge in [-0.25, -0.2) is 0 Å². The molecule has 0 bridgehead atoms. The van der Waals surface area contributed by atoms with Crippen molar-refractivity contribution in [1.29, 1.82) is 5.26 Å². The third kappa shape index (κ3) is 5.72. The number of piperidine rings is 1. The summed E-state index contributed by atoms with van der Waals surface area (Å²) in [5.74, 6) is 0. The number of nitriles is 1. The SMILES string of the molecule is CC(OCC1(c2ccccc2)CCN(C)CC1)c1cc(C(F)(F)F)cc(-c2ccc(C#N)cc2)n1. The maximum atomic E-state index is 13.7. The number of ether oxygens (including phenoxy) is 1. The lowest BCUT2D eigenvalue weighted by Gasteiger charge is -2.41. The number of hydrogen-bond acceptors (Lipinski definition) is 4. The second-order valence-electron chi connectivity index (χ2n) is 9.26. The van der Waals surface area contributed by atoms with Crippen molar-refractivity contribution >= 4 is 0 Å². The molecule has 0 aliphatic carbocycles. The molecule has 4 rings (SSSR count). The number of alkyl halides is 3. The van der Waals surface area contributed by atoms with Gasteiger partial charge in [0.2, 0.25) is 0 Å². The minimum Gasteiger partial charge on any atom is -0.371 e. The zero-order valence-electron chi connectivity index (χ0n) is 19.8. The Morgan fingerprint density at radius 1 is 1.06 bits per heavy atom. The zero-order valence-corrected chi connectivity index (χ0v) is 19.8. The monoisotopic (exact) mass is 479 g/mol. The predicted molar refractivity (Wildman–Crippen MR) is 129 cm³/mol. The Morgan fingerprint density at radius 2 is 1.71 bits per heavy atom.